The van der Waals surface area contributed by atoms with Gasteiger partial charge in [-0.2, -0.15) is 0 Å². The molecule has 9 nitrogen and oxygen atoms in total. The Hall–Kier alpha value is -5.09. The lowest BCUT2D eigenvalue weighted by Gasteiger charge is -2.29. The van der Waals surface area contributed by atoms with Gasteiger partial charge in [0.05, 0.1) is 25.5 Å². The smallest absolute Gasteiger partial charge is 0.257 e. The number of oxazole rings is 1. The van der Waals surface area contributed by atoms with Crippen LogP contribution in [0.15, 0.2) is 94.8 Å². The van der Waals surface area contributed by atoms with E-state index in [-0.39, 0.29) is 5.92 Å². The molecule has 4 heterocycles. The number of nitrogens with zero attached hydrogens (tertiary/aromatic N) is 5. The van der Waals surface area contributed by atoms with Crippen molar-refractivity contribution in [3.63, 3.8) is 0 Å². The zero-order valence-electron chi connectivity index (χ0n) is 22.6. The first-order valence-corrected chi connectivity index (χ1v) is 14.3. The molecule has 8 rings (SSSR count). The van der Waals surface area contributed by atoms with Crippen molar-refractivity contribution in [2.75, 3.05) is 14.2 Å². The highest BCUT2D eigenvalue weighted by atomic mass is 32.2. The topological polar surface area (TPSA) is 96.8 Å². The first kappa shape index (κ1) is 24.7. The molecule has 0 radical (unpaired) electrons. The number of benzene rings is 4. The van der Waals surface area contributed by atoms with Crippen LogP contribution in [0.3, 0.4) is 0 Å². The summed E-state index contributed by atoms with van der Waals surface area (Å²) in [5.74, 6) is 3.44. The highest BCUT2D eigenvalue weighted by molar-refractivity contribution is 7.98. The van der Waals surface area contributed by atoms with Crippen molar-refractivity contribution in [3.8, 4) is 23.1 Å². The number of methoxy groups -OCH3 is 2. The van der Waals surface area contributed by atoms with Crippen LogP contribution >= 0.6 is 11.8 Å². The van der Waals surface area contributed by atoms with E-state index in [4.69, 9.17) is 33.7 Å². The molecule has 0 aliphatic carbocycles. The summed E-state index contributed by atoms with van der Waals surface area (Å²) >= 11 is 1.45. The summed E-state index contributed by atoms with van der Waals surface area (Å²) in [7, 11) is 3.27. The van der Waals surface area contributed by atoms with Gasteiger partial charge in [0, 0.05) is 16.9 Å². The molecule has 1 aliphatic rings. The second kappa shape index (κ2) is 9.78. The molecule has 3 aromatic heterocycles. The number of hydrogen-bond donors (Lipinski definition) is 0. The number of fused-ring (bicyclic) bond motifs is 7. The van der Waals surface area contributed by atoms with E-state index in [1.165, 1.54) is 11.8 Å². The van der Waals surface area contributed by atoms with Crippen LogP contribution in [0.5, 0.6) is 23.1 Å². The summed E-state index contributed by atoms with van der Waals surface area (Å²) in [6, 6.07) is 26.1. The van der Waals surface area contributed by atoms with Crippen LogP contribution in [0.25, 0.3) is 27.5 Å². The molecule has 0 N–H and O–H groups in total. The van der Waals surface area contributed by atoms with E-state index in [0.29, 0.717) is 39.8 Å². The third kappa shape index (κ3) is 3.94. The molecule has 0 saturated heterocycles. The lowest BCUT2D eigenvalue weighted by atomic mass is 9.82. The Morgan fingerprint density at radius 2 is 1.76 bits per heavy atom. The Kier molecular flexibility index (Phi) is 5.75. The first-order valence-electron chi connectivity index (χ1n) is 13.3. The molecule has 42 heavy (non-hydrogen) atoms. The number of rotatable bonds is 6. The van der Waals surface area contributed by atoms with Crippen molar-refractivity contribution in [2.24, 2.45) is 0 Å². The van der Waals surface area contributed by atoms with Crippen molar-refractivity contribution in [3.05, 3.63) is 108 Å². The minimum Gasteiger partial charge on any atom is -0.493 e. The molecule has 0 amide bonds. The van der Waals surface area contributed by atoms with Gasteiger partial charge in [-0.05, 0) is 35.2 Å². The predicted molar refractivity (Wildman–Crippen MR) is 159 cm³/mol. The van der Waals surface area contributed by atoms with Gasteiger partial charge in [0.2, 0.25) is 5.88 Å². The van der Waals surface area contributed by atoms with Crippen LogP contribution in [0, 0.1) is 0 Å². The molecule has 206 valence electrons. The normalized spacial score (nSPS) is 14.1. The van der Waals surface area contributed by atoms with Gasteiger partial charge in [-0.25, -0.2) is 19.5 Å². The van der Waals surface area contributed by atoms with Crippen LogP contribution < -0.4 is 14.2 Å². The average molecular weight is 574 g/mol. The molecular weight excluding hydrogens is 550 g/mol. The first-order chi connectivity index (χ1) is 20.7. The van der Waals surface area contributed by atoms with Gasteiger partial charge < -0.3 is 18.6 Å². The number of thioether (sulfide) groups is 1. The Balaban J connectivity index is 1.26. The van der Waals surface area contributed by atoms with Crippen molar-refractivity contribution in [1.82, 2.24) is 24.6 Å². The summed E-state index contributed by atoms with van der Waals surface area (Å²) in [5, 5.41) is 7.42. The summed E-state index contributed by atoms with van der Waals surface area (Å²) < 4.78 is 25.3. The summed E-state index contributed by atoms with van der Waals surface area (Å²) in [4.78, 5) is 14.2. The maximum absolute atomic E-state index is 6.55. The third-order valence-corrected chi connectivity index (χ3v) is 8.30. The quantitative estimate of drug-likeness (QED) is 0.195. The standard InChI is InChI=1S/C32H23N5O4S/c1-38-24-14-12-19(15-25(24)39-2)27-21-13-11-18-7-3-4-8-20(18)29(21)41-31-28(27)30-35-26(36-37(30)17-33-31)16-42-32-34-22-9-5-6-10-23(22)40-32/h3-15,17,27H,16H2,1-2H3/t27-/m0/s1. The minimum absolute atomic E-state index is 0.244. The maximum atomic E-state index is 6.55. The van der Waals surface area contributed by atoms with E-state index in [9.17, 15) is 0 Å². The second-order valence-electron chi connectivity index (χ2n) is 9.85. The third-order valence-electron chi connectivity index (χ3n) is 7.48. The highest BCUT2D eigenvalue weighted by Gasteiger charge is 2.34. The van der Waals surface area contributed by atoms with Gasteiger partial charge in [-0.3, -0.25) is 0 Å². The van der Waals surface area contributed by atoms with Gasteiger partial charge in [-0.15, -0.1) is 5.10 Å². The Bertz CT molecular complexity index is 2110. The van der Waals surface area contributed by atoms with E-state index in [1.807, 2.05) is 54.6 Å². The minimum atomic E-state index is -0.244. The molecule has 7 aromatic rings. The van der Waals surface area contributed by atoms with Gasteiger partial charge in [0.25, 0.3) is 5.22 Å². The molecule has 10 heteroatoms. The van der Waals surface area contributed by atoms with Crippen LogP contribution in [-0.2, 0) is 5.75 Å². The van der Waals surface area contributed by atoms with Crippen molar-refractivity contribution in [1.29, 1.82) is 0 Å². The van der Waals surface area contributed by atoms with E-state index >= 15 is 0 Å². The molecular formula is C32H23N5O4S. The van der Waals surface area contributed by atoms with E-state index < -0.39 is 0 Å². The fourth-order valence-corrected chi connectivity index (χ4v) is 6.26. The number of para-hydroxylation sites is 2. The molecule has 1 aliphatic heterocycles. The largest absolute Gasteiger partial charge is 0.493 e. The number of hydrogen-bond acceptors (Lipinski definition) is 9. The second-order valence-corrected chi connectivity index (χ2v) is 10.8. The lowest BCUT2D eigenvalue weighted by Crippen LogP contribution is -2.15. The van der Waals surface area contributed by atoms with Crippen LogP contribution in [0.4, 0.5) is 0 Å². The summed E-state index contributed by atoms with van der Waals surface area (Å²) in [6.45, 7) is 0. The Morgan fingerprint density at radius 3 is 2.64 bits per heavy atom. The van der Waals surface area contributed by atoms with Gasteiger partial charge in [0.15, 0.2) is 28.6 Å². The van der Waals surface area contributed by atoms with Gasteiger partial charge in [-0.1, -0.05) is 66.4 Å². The van der Waals surface area contributed by atoms with Gasteiger partial charge in [0.1, 0.15) is 17.6 Å². The van der Waals surface area contributed by atoms with Gasteiger partial charge >= 0.3 is 0 Å². The Morgan fingerprint density at radius 1 is 0.905 bits per heavy atom. The van der Waals surface area contributed by atoms with E-state index in [1.54, 1.807) is 25.1 Å². The summed E-state index contributed by atoms with van der Waals surface area (Å²) in [6.07, 6.45) is 1.65. The maximum Gasteiger partial charge on any atom is 0.257 e. The monoisotopic (exact) mass is 573 g/mol. The highest BCUT2D eigenvalue weighted by Crippen LogP contribution is 2.51. The number of ether oxygens (including phenoxy) is 3. The van der Waals surface area contributed by atoms with Crippen LogP contribution in [-0.4, -0.2) is 38.8 Å². The molecule has 4 aromatic carbocycles. The molecule has 0 bridgehead atoms. The predicted octanol–water partition coefficient (Wildman–Crippen LogP) is 7.01. The van der Waals surface area contributed by atoms with Crippen molar-refractivity contribution < 1.29 is 18.6 Å². The van der Waals surface area contributed by atoms with Crippen molar-refractivity contribution in [2.45, 2.75) is 16.9 Å². The van der Waals surface area contributed by atoms with Crippen molar-refractivity contribution >= 4 is 39.3 Å². The zero-order chi connectivity index (χ0) is 28.2. The molecule has 1 atom stereocenters. The average Bonchev–Trinajstić information content (AvgIpc) is 3.66. The molecule has 0 spiro atoms. The SMILES string of the molecule is COc1ccc([C@H]2c3ccc4ccccc4c3Oc3ncn4nc(CSc5nc6ccccc6o5)nc4c32)cc1OC. The van der Waals surface area contributed by atoms with E-state index in [0.717, 1.165) is 44.3 Å². The lowest BCUT2D eigenvalue weighted by molar-refractivity contribution is 0.354. The van der Waals surface area contributed by atoms with Crippen LogP contribution in [0.2, 0.25) is 0 Å². The molecule has 0 fully saturated rings. The molecule has 0 unspecified atom stereocenters. The van der Waals surface area contributed by atoms with Crippen LogP contribution in [0.1, 0.15) is 28.4 Å². The summed E-state index contributed by atoms with van der Waals surface area (Å²) in [5.41, 5.74) is 5.08. The zero-order valence-corrected chi connectivity index (χ0v) is 23.5. The molecule has 0 saturated carbocycles. The number of aromatic nitrogens is 5. The Labute approximate surface area is 244 Å². The fourth-order valence-electron chi connectivity index (χ4n) is 5.57. The van der Waals surface area contributed by atoms with E-state index in [2.05, 4.69) is 29.2 Å². The fraction of sp³-hybridized carbons (Fsp3) is 0.125.